The van der Waals surface area contributed by atoms with Gasteiger partial charge in [0.2, 0.25) is 5.91 Å². The minimum absolute atomic E-state index is 0.0102. The summed E-state index contributed by atoms with van der Waals surface area (Å²) < 4.78 is 5.99. The van der Waals surface area contributed by atoms with Gasteiger partial charge < -0.3 is 15.2 Å². The zero-order chi connectivity index (χ0) is 35.2. The van der Waals surface area contributed by atoms with Crippen molar-refractivity contribution in [1.82, 2.24) is 5.32 Å². The number of hydrogen-bond acceptors (Lipinski definition) is 4. The molecule has 2 N–H and O–H groups in total. The maximum Gasteiger partial charge on any atom is 0.322 e. The van der Waals surface area contributed by atoms with Crippen molar-refractivity contribution in [3.63, 3.8) is 0 Å². The minimum atomic E-state index is -1.02. The van der Waals surface area contributed by atoms with Gasteiger partial charge in [-0.3, -0.25) is 14.4 Å². The Labute approximate surface area is 296 Å². The highest BCUT2D eigenvalue weighted by Crippen LogP contribution is 2.18. The summed E-state index contributed by atoms with van der Waals surface area (Å²) in [5, 5.41) is 11.1. The first kappa shape index (κ1) is 45.6. The van der Waals surface area contributed by atoms with Crippen LogP contribution in [0.15, 0.2) is 36.5 Å². The standard InChI is InChI=1S/C42H75NO5/c1-3-5-7-9-11-13-15-17-19-21-23-26-30-34-39(35-31-27-25-28-32-36-40(44)43-38-41(45)46)48-42(47)37-33-29-24-22-20-18-16-14-12-10-8-6-4-2/h8,10,14,16,21,23,39H,3-7,9,11-13,15,17-20,22,24-38H2,1-2H3,(H,43,44)(H,45,46)/b10-8-,16-14-,23-21-. The lowest BCUT2D eigenvalue weighted by atomic mass is 10.0. The Bertz CT molecular complexity index is 834. The summed E-state index contributed by atoms with van der Waals surface area (Å²) in [7, 11) is 0. The highest BCUT2D eigenvalue weighted by atomic mass is 16.5. The summed E-state index contributed by atoms with van der Waals surface area (Å²) in [6, 6.07) is 0. The van der Waals surface area contributed by atoms with Crippen LogP contribution in [0.1, 0.15) is 200 Å². The van der Waals surface area contributed by atoms with Crippen LogP contribution in [0.3, 0.4) is 0 Å². The number of carbonyl (C=O) groups is 3. The van der Waals surface area contributed by atoms with Crippen LogP contribution in [0.2, 0.25) is 0 Å². The first-order valence-electron chi connectivity index (χ1n) is 20.1. The van der Waals surface area contributed by atoms with Crippen LogP contribution < -0.4 is 5.32 Å². The molecule has 0 radical (unpaired) electrons. The molecule has 0 aliphatic carbocycles. The molecule has 0 bridgehead atoms. The van der Waals surface area contributed by atoms with E-state index in [1.807, 2.05) is 0 Å². The van der Waals surface area contributed by atoms with Crippen LogP contribution in [0.4, 0.5) is 0 Å². The lowest BCUT2D eigenvalue weighted by molar-refractivity contribution is -0.150. The summed E-state index contributed by atoms with van der Waals surface area (Å²) in [4.78, 5) is 34.9. The van der Waals surface area contributed by atoms with Crippen molar-refractivity contribution in [2.24, 2.45) is 0 Å². The van der Waals surface area contributed by atoms with Crippen molar-refractivity contribution >= 4 is 17.8 Å². The molecule has 0 aromatic heterocycles. The molecule has 0 fully saturated rings. The molecule has 48 heavy (non-hydrogen) atoms. The number of amides is 1. The molecule has 0 saturated carbocycles. The van der Waals surface area contributed by atoms with E-state index in [0.29, 0.717) is 12.8 Å². The Kier molecular flexibility index (Phi) is 35.6. The van der Waals surface area contributed by atoms with Crippen molar-refractivity contribution in [3.8, 4) is 0 Å². The second-order valence-electron chi connectivity index (χ2n) is 13.5. The number of carboxylic acid groups (broad SMARTS) is 1. The fourth-order valence-corrected chi connectivity index (χ4v) is 5.79. The van der Waals surface area contributed by atoms with Crippen LogP contribution in [-0.4, -0.2) is 35.6 Å². The summed E-state index contributed by atoms with van der Waals surface area (Å²) in [5.41, 5.74) is 0. The van der Waals surface area contributed by atoms with Gasteiger partial charge >= 0.3 is 11.9 Å². The smallest absolute Gasteiger partial charge is 0.322 e. The molecular weight excluding hydrogens is 598 g/mol. The number of unbranched alkanes of at least 4 members (excludes halogenated alkanes) is 19. The zero-order valence-electron chi connectivity index (χ0n) is 31.3. The first-order valence-corrected chi connectivity index (χ1v) is 20.1. The van der Waals surface area contributed by atoms with E-state index in [-0.39, 0.29) is 24.5 Å². The van der Waals surface area contributed by atoms with Crippen molar-refractivity contribution < 1.29 is 24.2 Å². The summed E-state index contributed by atoms with van der Waals surface area (Å²) in [6.07, 6.45) is 45.4. The predicted molar refractivity (Wildman–Crippen MR) is 203 cm³/mol. The average molecular weight is 674 g/mol. The van der Waals surface area contributed by atoms with Gasteiger partial charge in [-0.2, -0.15) is 0 Å². The summed E-state index contributed by atoms with van der Waals surface area (Å²) in [5.74, 6) is -1.26. The van der Waals surface area contributed by atoms with Crippen molar-refractivity contribution in [2.75, 3.05) is 6.54 Å². The molecule has 0 aliphatic rings. The van der Waals surface area contributed by atoms with E-state index < -0.39 is 5.97 Å². The third kappa shape index (κ3) is 36.5. The number of nitrogens with one attached hydrogen (secondary N) is 1. The number of rotatable bonds is 36. The Balaban J connectivity index is 4.25. The molecule has 6 heteroatoms. The monoisotopic (exact) mass is 674 g/mol. The second-order valence-corrected chi connectivity index (χ2v) is 13.5. The SMILES string of the molecule is CCC/C=C\C/C=C\CCCCCCCC(=O)OC(CCC/C=C\CCCCCCCCCC)CCCCCCCC(=O)NCC(=O)O. The highest BCUT2D eigenvalue weighted by Gasteiger charge is 2.14. The van der Waals surface area contributed by atoms with Gasteiger partial charge in [0.25, 0.3) is 0 Å². The number of hydrogen-bond donors (Lipinski definition) is 2. The van der Waals surface area contributed by atoms with E-state index in [0.717, 1.165) is 83.5 Å². The molecule has 0 aromatic rings. The second kappa shape index (κ2) is 37.4. The average Bonchev–Trinajstić information content (AvgIpc) is 3.07. The van der Waals surface area contributed by atoms with Crippen molar-refractivity contribution in [3.05, 3.63) is 36.5 Å². The number of carbonyl (C=O) groups excluding carboxylic acids is 2. The fraction of sp³-hybridized carbons (Fsp3) is 0.786. The first-order chi connectivity index (χ1) is 23.5. The molecule has 0 spiro atoms. The van der Waals surface area contributed by atoms with Gasteiger partial charge in [-0.05, 0) is 83.5 Å². The van der Waals surface area contributed by atoms with Gasteiger partial charge in [0.15, 0.2) is 0 Å². The molecule has 1 unspecified atom stereocenters. The van der Waals surface area contributed by atoms with Crippen molar-refractivity contribution in [2.45, 2.75) is 206 Å². The Hall–Kier alpha value is -2.37. The summed E-state index contributed by atoms with van der Waals surface area (Å²) >= 11 is 0. The van der Waals surface area contributed by atoms with Crippen LogP contribution in [0.5, 0.6) is 0 Å². The van der Waals surface area contributed by atoms with Gasteiger partial charge in [0.1, 0.15) is 12.6 Å². The molecule has 1 amide bonds. The maximum absolute atomic E-state index is 12.7. The molecule has 6 nitrogen and oxygen atoms in total. The number of allylic oxidation sites excluding steroid dienone is 6. The van der Waals surface area contributed by atoms with E-state index in [9.17, 15) is 14.4 Å². The highest BCUT2D eigenvalue weighted by molar-refractivity contribution is 5.80. The zero-order valence-corrected chi connectivity index (χ0v) is 31.3. The van der Waals surface area contributed by atoms with E-state index in [1.54, 1.807) is 0 Å². The van der Waals surface area contributed by atoms with Crippen LogP contribution in [-0.2, 0) is 19.1 Å². The van der Waals surface area contributed by atoms with Gasteiger partial charge in [-0.15, -0.1) is 0 Å². The van der Waals surface area contributed by atoms with Gasteiger partial charge in [-0.1, -0.05) is 140 Å². The minimum Gasteiger partial charge on any atom is -0.480 e. The number of aliphatic carboxylic acids is 1. The lowest BCUT2D eigenvalue weighted by Crippen LogP contribution is -2.28. The molecule has 0 saturated heterocycles. The molecule has 278 valence electrons. The topological polar surface area (TPSA) is 92.7 Å². The summed E-state index contributed by atoms with van der Waals surface area (Å²) in [6.45, 7) is 4.15. The Morgan fingerprint density at radius 2 is 1.02 bits per heavy atom. The Morgan fingerprint density at radius 1 is 0.542 bits per heavy atom. The fourth-order valence-electron chi connectivity index (χ4n) is 5.79. The van der Waals surface area contributed by atoms with E-state index in [2.05, 4.69) is 55.6 Å². The number of carboxylic acids is 1. The lowest BCUT2D eigenvalue weighted by Gasteiger charge is -2.18. The molecule has 1 atom stereocenters. The Morgan fingerprint density at radius 3 is 1.62 bits per heavy atom. The van der Waals surface area contributed by atoms with Crippen LogP contribution in [0.25, 0.3) is 0 Å². The number of esters is 1. The predicted octanol–water partition coefficient (Wildman–Crippen LogP) is 12.1. The van der Waals surface area contributed by atoms with E-state index in [1.165, 1.54) is 89.9 Å². The third-order valence-corrected chi connectivity index (χ3v) is 8.77. The molecular formula is C42H75NO5. The van der Waals surface area contributed by atoms with Gasteiger partial charge in [0.05, 0.1) is 0 Å². The van der Waals surface area contributed by atoms with E-state index >= 15 is 0 Å². The van der Waals surface area contributed by atoms with Gasteiger partial charge in [0, 0.05) is 12.8 Å². The van der Waals surface area contributed by atoms with Gasteiger partial charge in [-0.25, -0.2) is 0 Å². The van der Waals surface area contributed by atoms with E-state index in [4.69, 9.17) is 9.84 Å². The molecule has 0 rings (SSSR count). The molecule has 0 aliphatic heterocycles. The third-order valence-electron chi connectivity index (χ3n) is 8.77. The number of ether oxygens (including phenoxy) is 1. The van der Waals surface area contributed by atoms with Crippen molar-refractivity contribution in [1.29, 1.82) is 0 Å². The maximum atomic E-state index is 12.7. The largest absolute Gasteiger partial charge is 0.480 e. The normalized spacial score (nSPS) is 12.4. The van der Waals surface area contributed by atoms with Crippen LogP contribution in [0, 0.1) is 0 Å². The quantitative estimate of drug-likeness (QED) is 0.0392. The molecule has 0 aromatic carbocycles. The van der Waals surface area contributed by atoms with Crippen LogP contribution >= 0.6 is 0 Å². The molecule has 0 heterocycles.